The number of rotatable bonds is 3. The molecule has 0 radical (unpaired) electrons. The lowest BCUT2D eigenvalue weighted by Crippen LogP contribution is -2.01. The molecule has 5 nitrogen and oxygen atoms in total. The molecule has 0 unspecified atom stereocenters. The highest BCUT2D eigenvalue weighted by molar-refractivity contribution is 5.56. The Kier molecular flexibility index (Phi) is 3.05. The van der Waals surface area contributed by atoms with Crippen LogP contribution in [0.5, 0.6) is 0 Å². The van der Waals surface area contributed by atoms with E-state index in [4.69, 9.17) is 0 Å². The van der Waals surface area contributed by atoms with Crippen molar-refractivity contribution in [2.24, 2.45) is 0 Å². The smallest absolute Gasteiger partial charge is 0.148 e. The van der Waals surface area contributed by atoms with Gasteiger partial charge in [0.2, 0.25) is 0 Å². The number of aromatic nitrogens is 4. The minimum atomic E-state index is 0.743. The molecule has 2 aromatic rings. The molecule has 2 aromatic heterocycles. The van der Waals surface area contributed by atoms with Crippen LogP contribution in [0.15, 0.2) is 24.5 Å². The molecule has 0 fully saturated rings. The Hall–Kier alpha value is -2.04. The fourth-order valence-corrected chi connectivity index (χ4v) is 1.39. The normalized spacial score (nSPS) is 10.1. The van der Waals surface area contributed by atoms with Crippen LogP contribution >= 0.6 is 0 Å². The second kappa shape index (κ2) is 4.65. The largest absolute Gasteiger partial charge is 0.369 e. The summed E-state index contributed by atoms with van der Waals surface area (Å²) >= 11 is 0. The van der Waals surface area contributed by atoms with Crippen LogP contribution in [0.4, 0.5) is 5.82 Å². The average Bonchev–Trinajstić information content (AvgIpc) is 2.31. The van der Waals surface area contributed by atoms with Crippen LogP contribution in [0.25, 0.3) is 11.4 Å². The van der Waals surface area contributed by atoms with Crippen LogP contribution in [0.3, 0.4) is 0 Å². The van der Waals surface area contributed by atoms with E-state index in [-0.39, 0.29) is 0 Å². The van der Waals surface area contributed by atoms with Crippen molar-refractivity contribution in [1.29, 1.82) is 0 Å². The highest BCUT2D eigenvalue weighted by Crippen LogP contribution is 2.16. The van der Waals surface area contributed by atoms with E-state index in [0.717, 1.165) is 29.4 Å². The van der Waals surface area contributed by atoms with Crippen molar-refractivity contribution in [3.8, 4) is 11.4 Å². The molecule has 0 amide bonds. The van der Waals surface area contributed by atoms with E-state index in [1.165, 1.54) is 0 Å². The lowest BCUT2D eigenvalue weighted by molar-refractivity contribution is 0.999. The summed E-state index contributed by atoms with van der Waals surface area (Å²) in [5, 5.41) is 11.3. The molecule has 82 valence electrons. The Balaban J connectivity index is 2.31. The molecule has 2 heterocycles. The second-order valence-electron chi connectivity index (χ2n) is 3.32. The van der Waals surface area contributed by atoms with E-state index in [1.807, 2.05) is 26.0 Å². The molecule has 0 aliphatic carbocycles. The van der Waals surface area contributed by atoms with E-state index in [1.54, 1.807) is 12.4 Å². The first-order valence-electron chi connectivity index (χ1n) is 5.17. The number of hydrogen-bond acceptors (Lipinski definition) is 5. The molecule has 0 aliphatic rings. The zero-order chi connectivity index (χ0) is 11.4. The van der Waals surface area contributed by atoms with Gasteiger partial charge in [0.15, 0.2) is 0 Å². The average molecular weight is 215 g/mol. The first-order chi connectivity index (χ1) is 7.81. The molecule has 1 N–H and O–H groups in total. The van der Waals surface area contributed by atoms with Gasteiger partial charge < -0.3 is 5.32 Å². The lowest BCUT2D eigenvalue weighted by Gasteiger charge is -2.03. The first-order valence-corrected chi connectivity index (χ1v) is 5.17. The molecule has 0 saturated heterocycles. The van der Waals surface area contributed by atoms with Crippen LogP contribution in [0.1, 0.15) is 12.6 Å². The maximum atomic E-state index is 4.24. The maximum absolute atomic E-state index is 4.24. The van der Waals surface area contributed by atoms with Gasteiger partial charge in [-0.2, -0.15) is 0 Å². The molecule has 0 spiro atoms. The number of hydrogen-bond donors (Lipinski definition) is 1. The minimum Gasteiger partial charge on any atom is -0.369 e. The van der Waals surface area contributed by atoms with Crippen molar-refractivity contribution in [2.75, 3.05) is 11.9 Å². The number of anilines is 1. The summed E-state index contributed by atoms with van der Waals surface area (Å²) in [4.78, 5) is 8.41. The van der Waals surface area contributed by atoms with Crippen molar-refractivity contribution in [2.45, 2.75) is 13.8 Å². The third kappa shape index (κ3) is 2.13. The number of nitrogens with zero attached hydrogens (tertiary/aromatic N) is 4. The quantitative estimate of drug-likeness (QED) is 0.843. The van der Waals surface area contributed by atoms with Crippen LogP contribution in [0.2, 0.25) is 0 Å². The zero-order valence-corrected chi connectivity index (χ0v) is 9.31. The third-order valence-corrected chi connectivity index (χ3v) is 2.15. The molecule has 0 atom stereocenters. The summed E-state index contributed by atoms with van der Waals surface area (Å²) in [5.41, 5.74) is 2.37. The zero-order valence-electron chi connectivity index (χ0n) is 9.31. The van der Waals surface area contributed by atoms with Gasteiger partial charge in [0.25, 0.3) is 0 Å². The van der Waals surface area contributed by atoms with E-state index in [9.17, 15) is 0 Å². The second-order valence-corrected chi connectivity index (χ2v) is 3.32. The summed E-state index contributed by atoms with van der Waals surface area (Å²) < 4.78 is 0. The number of nitrogens with one attached hydrogen (secondary N) is 1. The Morgan fingerprint density at radius 2 is 1.94 bits per heavy atom. The molecule has 0 saturated carbocycles. The molecule has 0 aromatic carbocycles. The van der Waals surface area contributed by atoms with Gasteiger partial charge in [-0.05, 0) is 26.0 Å². The highest BCUT2D eigenvalue weighted by atomic mass is 15.2. The van der Waals surface area contributed by atoms with Crippen LogP contribution < -0.4 is 5.32 Å². The third-order valence-electron chi connectivity index (χ3n) is 2.15. The van der Waals surface area contributed by atoms with Gasteiger partial charge in [0, 0.05) is 18.9 Å². The Bertz CT molecular complexity index is 466. The van der Waals surface area contributed by atoms with Gasteiger partial charge in [-0.1, -0.05) is 0 Å². The SMILES string of the molecule is CCNc1ccc(-c2nccnc2C)nn1. The Morgan fingerprint density at radius 3 is 2.56 bits per heavy atom. The predicted octanol–water partition coefficient (Wildman–Crippen LogP) is 1.67. The van der Waals surface area contributed by atoms with Crippen LogP contribution in [-0.2, 0) is 0 Å². The molecule has 2 rings (SSSR count). The summed E-state index contributed by atoms with van der Waals surface area (Å²) in [5.74, 6) is 0.771. The van der Waals surface area contributed by atoms with E-state index >= 15 is 0 Å². The molecule has 0 aliphatic heterocycles. The highest BCUT2D eigenvalue weighted by Gasteiger charge is 2.05. The van der Waals surface area contributed by atoms with Gasteiger partial charge in [-0.25, -0.2) is 0 Å². The summed E-state index contributed by atoms with van der Waals surface area (Å²) in [6.45, 7) is 4.75. The maximum Gasteiger partial charge on any atom is 0.148 e. The van der Waals surface area contributed by atoms with Crippen molar-refractivity contribution in [3.05, 3.63) is 30.2 Å². The minimum absolute atomic E-state index is 0.743. The topological polar surface area (TPSA) is 63.6 Å². The molecular weight excluding hydrogens is 202 g/mol. The van der Waals surface area contributed by atoms with Gasteiger partial charge in [-0.15, -0.1) is 10.2 Å². The molecule has 16 heavy (non-hydrogen) atoms. The monoisotopic (exact) mass is 215 g/mol. The summed E-state index contributed by atoms with van der Waals surface area (Å²) in [6.07, 6.45) is 3.32. The van der Waals surface area contributed by atoms with Gasteiger partial charge in [0.05, 0.1) is 5.69 Å². The van der Waals surface area contributed by atoms with Gasteiger partial charge >= 0.3 is 0 Å². The Labute approximate surface area is 94.0 Å². The number of aryl methyl sites for hydroxylation is 1. The van der Waals surface area contributed by atoms with Gasteiger partial charge in [0.1, 0.15) is 17.2 Å². The molecular formula is C11H13N5. The first kappa shape index (κ1) is 10.5. The van der Waals surface area contributed by atoms with E-state index < -0.39 is 0 Å². The van der Waals surface area contributed by atoms with Crippen molar-refractivity contribution in [3.63, 3.8) is 0 Å². The van der Waals surface area contributed by atoms with Crippen molar-refractivity contribution in [1.82, 2.24) is 20.2 Å². The van der Waals surface area contributed by atoms with Gasteiger partial charge in [-0.3, -0.25) is 9.97 Å². The van der Waals surface area contributed by atoms with Crippen molar-refractivity contribution < 1.29 is 0 Å². The summed E-state index contributed by atoms with van der Waals surface area (Å²) in [7, 11) is 0. The fraction of sp³-hybridized carbons (Fsp3) is 0.273. The van der Waals surface area contributed by atoms with E-state index in [0.29, 0.717) is 0 Å². The molecule has 5 heteroatoms. The predicted molar refractivity (Wildman–Crippen MR) is 62.0 cm³/mol. The van der Waals surface area contributed by atoms with E-state index in [2.05, 4.69) is 25.5 Å². The van der Waals surface area contributed by atoms with Crippen LogP contribution in [0, 0.1) is 6.92 Å². The van der Waals surface area contributed by atoms with Crippen LogP contribution in [-0.4, -0.2) is 26.7 Å². The lowest BCUT2D eigenvalue weighted by atomic mass is 10.2. The fourth-order valence-electron chi connectivity index (χ4n) is 1.39. The van der Waals surface area contributed by atoms with Crippen molar-refractivity contribution >= 4 is 5.82 Å². The Morgan fingerprint density at radius 1 is 1.12 bits per heavy atom. The summed E-state index contributed by atoms with van der Waals surface area (Å²) in [6, 6.07) is 3.78. The standard InChI is InChI=1S/C11H13N5/c1-3-12-10-5-4-9(15-16-10)11-8(2)13-6-7-14-11/h4-7H,3H2,1-2H3,(H,12,16). The molecule has 0 bridgehead atoms.